The van der Waals surface area contributed by atoms with Gasteiger partial charge in [-0.2, -0.15) is 8.78 Å². The van der Waals surface area contributed by atoms with Crippen molar-refractivity contribution in [3.8, 4) is 5.75 Å². The molecule has 1 rings (SSSR count). The molecule has 0 aromatic heterocycles. The molecule has 16 heavy (non-hydrogen) atoms. The normalized spacial score (nSPS) is 10.6. The van der Waals surface area contributed by atoms with Crippen LogP contribution in [0.25, 0.3) is 0 Å². The Bertz CT molecular complexity index is 405. The van der Waals surface area contributed by atoms with Crippen molar-refractivity contribution in [2.75, 3.05) is 0 Å². The van der Waals surface area contributed by atoms with Crippen molar-refractivity contribution < 1.29 is 27.8 Å². The number of aliphatic carboxylic acids is 1. The van der Waals surface area contributed by atoms with Gasteiger partial charge in [0, 0.05) is 5.56 Å². The Kier molecular flexibility index (Phi) is 3.76. The van der Waals surface area contributed by atoms with E-state index in [1.165, 1.54) is 6.92 Å². The van der Waals surface area contributed by atoms with E-state index >= 15 is 0 Å². The molecule has 0 saturated heterocycles. The molecular formula is C10H9F3O3. The smallest absolute Gasteiger partial charge is 0.387 e. The van der Waals surface area contributed by atoms with Gasteiger partial charge < -0.3 is 9.84 Å². The third-order valence-electron chi connectivity index (χ3n) is 1.97. The lowest BCUT2D eigenvalue weighted by atomic mass is 10.1. The second kappa shape index (κ2) is 4.87. The zero-order valence-corrected chi connectivity index (χ0v) is 8.34. The summed E-state index contributed by atoms with van der Waals surface area (Å²) in [6.07, 6.45) is -0.498. The van der Waals surface area contributed by atoms with Gasteiger partial charge >= 0.3 is 12.6 Å². The third-order valence-corrected chi connectivity index (χ3v) is 1.97. The minimum absolute atomic E-state index is 0.0633. The number of rotatable bonds is 4. The van der Waals surface area contributed by atoms with Crippen LogP contribution in [-0.4, -0.2) is 17.7 Å². The summed E-state index contributed by atoms with van der Waals surface area (Å²) in [5, 5.41) is 8.48. The first-order valence-corrected chi connectivity index (χ1v) is 4.36. The van der Waals surface area contributed by atoms with Gasteiger partial charge in [-0.25, -0.2) is 4.39 Å². The standard InChI is InChI=1S/C10H9F3O3/c1-5-7(16-10(12)13)3-2-6(9(5)11)4-8(14)15/h2-3,10H,4H2,1H3,(H,14,15). The van der Waals surface area contributed by atoms with Crippen molar-refractivity contribution in [3.05, 3.63) is 29.1 Å². The van der Waals surface area contributed by atoms with Gasteiger partial charge in [-0.3, -0.25) is 4.79 Å². The van der Waals surface area contributed by atoms with Gasteiger partial charge in [0.15, 0.2) is 0 Å². The summed E-state index contributed by atoms with van der Waals surface area (Å²) in [6.45, 7) is -1.79. The molecule has 0 aliphatic heterocycles. The molecule has 0 aliphatic carbocycles. The van der Waals surface area contributed by atoms with Crippen molar-refractivity contribution in [3.63, 3.8) is 0 Å². The van der Waals surface area contributed by atoms with Gasteiger partial charge in [0.1, 0.15) is 11.6 Å². The molecule has 0 unspecified atom stereocenters. The average molecular weight is 234 g/mol. The highest BCUT2D eigenvalue weighted by Gasteiger charge is 2.15. The number of halogens is 3. The van der Waals surface area contributed by atoms with Crippen LogP contribution >= 0.6 is 0 Å². The molecule has 1 aromatic rings. The molecule has 0 amide bonds. The molecule has 0 heterocycles. The molecule has 88 valence electrons. The molecule has 3 nitrogen and oxygen atoms in total. The summed E-state index contributed by atoms with van der Waals surface area (Å²) < 4.78 is 41.4. The van der Waals surface area contributed by atoms with Crippen LogP contribution in [0.2, 0.25) is 0 Å². The van der Waals surface area contributed by atoms with E-state index in [1.54, 1.807) is 0 Å². The fourth-order valence-electron chi connectivity index (χ4n) is 1.25. The van der Waals surface area contributed by atoms with E-state index in [4.69, 9.17) is 5.11 Å². The van der Waals surface area contributed by atoms with E-state index in [0.717, 1.165) is 12.1 Å². The van der Waals surface area contributed by atoms with E-state index in [9.17, 15) is 18.0 Å². The topological polar surface area (TPSA) is 46.5 Å². The minimum atomic E-state index is -3.04. The Morgan fingerprint density at radius 1 is 1.50 bits per heavy atom. The number of benzene rings is 1. The first-order chi connectivity index (χ1) is 7.41. The fraction of sp³-hybridized carbons (Fsp3) is 0.300. The van der Waals surface area contributed by atoms with Gasteiger partial charge in [-0.1, -0.05) is 6.07 Å². The van der Waals surface area contributed by atoms with Crippen LogP contribution in [0.3, 0.4) is 0 Å². The Morgan fingerprint density at radius 2 is 2.12 bits per heavy atom. The first-order valence-electron chi connectivity index (χ1n) is 4.36. The van der Waals surface area contributed by atoms with Gasteiger partial charge in [-0.15, -0.1) is 0 Å². The summed E-state index contributed by atoms with van der Waals surface area (Å²) in [5.74, 6) is -2.32. The van der Waals surface area contributed by atoms with Gasteiger partial charge in [-0.05, 0) is 18.6 Å². The molecule has 0 fully saturated rings. The van der Waals surface area contributed by atoms with Crippen LogP contribution in [0.15, 0.2) is 12.1 Å². The van der Waals surface area contributed by atoms with E-state index in [2.05, 4.69) is 4.74 Å². The number of ether oxygens (including phenoxy) is 1. The minimum Gasteiger partial charge on any atom is -0.481 e. The predicted octanol–water partition coefficient (Wildman–Crippen LogP) is 2.36. The van der Waals surface area contributed by atoms with E-state index in [0.29, 0.717) is 0 Å². The lowest BCUT2D eigenvalue weighted by molar-refractivity contribution is -0.136. The lowest BCUT2D eigenvalue weighted by Gasteiger charge is -2.10. The van der Waals surface area contributed by atoms with Crippen LogP contribution in [-0.2, 0) is 11.2 Å². The highest BCUT2D eigenvalue weighted by molar-refractivity contribution is 5.70. The predicted molar refractivity (Wildman–Crippen MR) is 49.1 cm³/mol. The van der Waals surface area contributed by atoms with Crippen LogP contribution in [0.4, 0.5) is 13.2 Å². The first kappa shape index (κ1) is 12.4. The molecule has 0 spiro atoms. The quantitative estimate of drug-likeness (QED) is 0.869. The number of hydrogen-bond acceptors (Lipinski definition) is 2. The highest BCUT2D eigenvalue weighted by Crippen LogP contribution is 2.25. The maximum atomic E-state index is 13.5. The molecule has 1 aromatic carbocycles. The number of carboxylic acids is 1. The molecule has 1 N–H and O–H groups in total. The Morgan fingerprint density at radius 3 is 2.62 bits per heavy atom. The Balaban J connectivity index is 3.03. The largest absolute Gasteiger partial charge is 0.481 e. The maximum absolute atomic E-state index is 13.5. The maximum Gasteiger partial charge on any atom is 0.387 e. The zero-order chi connectivity index (χ0) is 12.3. The molecule has 0 bridgehead atoms. The van der Waals surface area contributed by atoms with Gasteiger partial charge in [0.2, 0.25) is 0 Å². The molecule has 0 saturated carbocycles. The molecule has 0 radical (unpaired) electrons. The molecule has 0 atom stereocenters. The summed E-state index contributed by atoms with van der Waals surface area (Å²) >= 11 is 0. The SMILES string of the molecule is Cc1c(OC(F)F)ccc(CC(=O)O)c1F. The monoisotopic (exact) mass is 234 g/mol. The molecular weight excluding hydrogens is 225 g/mol. The second-order valence-corrected chi connectivity index (χ2v) is 3.11. The fourth-order valence-corrected chi connectivity index (χ4v) is 1.25. The third kappa shape index (κ3) is 2.88. The van der Waals surface area contributed by atoms with Crippen LogP contribution in [0.5, 0.6) is 5.75 Å². The van der Waals surface area contributed by atoms with Crippen LogP contribution in [0.1, 0.15) is 11.1 Å². The molecule has 6 heteroatoms. The average Bonchev–Trinajstić information content (AvgIpc) is 2.16. The van der Waals surface area contributed by atoms with Crippen molar-refractivity contribution in [1.29, 1.82) is 0 Å². The number of alkyl halides is 2. The Hall–Kier alpha value is -1.72. The molecule has 0 aliphatic rings. The van der Waals surface area contributed by atoms with Crippen LogP contribution < -0.4 is 4.74 Å². The highest BCUT2D eigenvalue weighted by atomic mass is 19.3. The summed E-state index contributed by atoms with van der Waals surface area (Å²) in [6, 6.07) is 2.25. The second-order valence-electron chi connectivity index (χ2n) is 3.11. The van der Waals surface area contributed by atoms with Crippen molar-refractivity contribution in [1.82, 2.24) is 0 Å². The van der Waals surface area contributed by atoms with Crippen molar-refractivity contribution in [2.24, 2.45) is 0 Å². The van der Waals surface area contributed by atoms with Crippen LogP contribution in [0, 0.1) is 12.7 Å². The van der Waals surface area contributed by atoms with E-state index in [1.807, 2.05) is 0 Å². The van der Waals surface area contributed by atoms with Gasteiger partial charge in [0.25, 0.3) is 0 Å². The summed E-state index contributed by atoms with van der Waals surface area (Å²) in [4.78, 5) is 10.4. The lowest BCUT2D eigenvalue weighted by Crippen LogP contribution is -2.07. The summed E-state index contributed by atoms with van der Waals surface area (Å²) in [7, 11) is 0. The van der Waals surface area contributed by atoms with Crippen molar-refractivity contribution in [2.45, 2.75) is 20.0 Å². The number of hydrogen-bond donors (Lipinski definition) is 1. The summed E-state index contributed by atoms with van der Waals surface area (Å²) in [5.41, 5.74) is -0.189. The van der Waals surface area contributed by atoms with Gasteiger partial charge in [0.05, 0.1) is 6.42 Å². The number of carbonyl (C=O) groups is 1. The number of carboxylic acid groups (broad SMARTS) is 1. The van der Waals surface area contributed by atoms with Crippen molar-refractivity contribution >= 4 is 5.97 Å². The Labute approximate surface area is 89.5 Å². The van der Waals surface area contributed by atoms with E-state index < -0.39 is 24.8 Å². The zero-order valence-electron chi connectivity index (χ0n) is 8.34. The van der Waals surface area contributed by atoms with E-state index in [-0.39, 0.29) is 16.9 Å².